The highest BCUT2D eigenvalue weighted by molar-refractivity contribution is 9.10. The molecule has 0 aliphatic carbocycles. The molecule has 3 aromatic rings. The molecule has 0 radical (unpaired) electrons. The van der Waals surface area contributed by atoms with Crippen molar-refractivity contribution in [3.05, 3.63) is 69.3 Å². The van der Waals surface area contributed by atoms with Gasteiger partial charge < -0.3 is 4.57 Å². The molecule has 0 spiro atoms. The van der Waals surface area contributed by atoms with Crippen LogP contribution in [-0.2, 0) is 16.6 Å². The van der Waals surface area contributed by atoms with E-state index in [9.17, 15) is 8.42 Å². The predicted molar refractivity (Wildman–Crippen MR) is 115 cm³/mol. The van der Waals surface area contributed by atoms with Gasteiger partial charge in [-0.25, -0.2) is 18.1 Å². The number of aromatic nitrogens is 1. The smallest absolute Gasteiger partial charge is 0.208 e. The van der Waals surface area contributed by atoms with Crippen LogP contribution in [0, 0.1) is 0 Å². The lowest BCUT2D eigenvalue weighted by atomic mass is 10.2. The molecule has 27 heavy (non-hydrogen) atoms. The molecule has 0 aliphatic rings. The van der Waals surface area contributed by atoms with E-state index in [4.69, 9.17) is 4.99 Å². The molecule has 0 saturated carbocycles. The Labute approximate surface area is 171 Å². The molecule has 5 nitrogen and oxygen atoms in total. The first-order valence-electron chi connectivity index (χ1n) is 8.41. The summed E-state index contributed by atoms with van der Waals surface area (Å²) >= 11 is 5.05. The molecule has 0 saturated heterocycles. The fourth-order valence-electron chi connectivity index (χ4n) is 2.59. The van der Waals surface area contributed by atoms with Gasteiger partial charge in [0.1, 0.15) is 0 Å². The quantitative estimate of drug-likeness (QED) is 0.532. The normalized spacial score (nSPS) is 12.4. The van der Waals surface area contributed by atoms with Crippen molar-refractivity contribution in [1.82, 2.24) is 9.29 Å². The summed E-state index contributed by atoms with van der Waals surface area (Å²) in [5.74, 6) is 0. The van der Waals surface area contributed by atoms with Crippen LogP contribution < -0.4 is 9.52 Å². The average Bonchev–Trinajstić information content (AvgIpc) is 3.02. The topological polar surface area (TPSA) is 63.5 Å². The van der Waals surface area contributed by atoms with E-state index in [2.05, 4.69) is 42.7 Å². The first kappa shape index (κ1) is 20.0. The molecule has 1 aromatic heterocycles. The minimum Gasteiger partial charge on any atom is -0.316 e. The number of hydrogen-bond donors (Lipinski definition) is 1. The summed E-state index contributed by atoms with van der Waals surface area (Å²) in [7, 11) is -3.18. The van der Waals surface area contributed by atoms with Crippen molar-refractivity contribution in [3.63, 3.8) is 0 Å². The second-order valence-corrected chi connectivity index (χ2v) is 9.61. The summed E-state index contributed by atoms with van der Waals surface area (Å²) in [6.45, 7) is 1.06. The summed E-state index contributed by atoms with van der Waals surface area (Å²) in [6, 6.07) is 18.0. The van der Waals surface area contributed by atoms with Gasteiger partial charge in [0.25, 0.3) is 0 Å². The van der Waals surface area contributed by atoms with Crippen molar-refractivity contribution in [3.8, 4) is 11.3 Å². The fourth-order valence-corrected chi connectivity index (χ4v) is 4.33. The lowest BCUT2D eigenvalue weighted by Gasteiger charge is -2.10. The van der Waals surface area contributed by atoms with Crippen LogP contribution in [0.4, 0.5) is 5.69 Å². The molecular formula is C19H20BrN3O2S2. The van der Waals surface area contributed by atoms with Gasteiger partial charge in [-0.1, -0.05) is 46.3 Å². The average molecular weight is 466 g/mol. The molecule has 0 unspecified atom stereocenters. The van der Waals surface area contributed by atoms with Crippen LogP contribution in [0.25, 0.3) is 11.3 Å². The van der Waals surface area contributed by atoms with E-state index in [0.29, 0.717) is 19.5 Å². The predicted octanol–water partition coefficient (Wildman–Crippen LogP) is 4.15. The minimum absolute atomic E-state index is 0.395. The molecule has 1 heterocycles. The molecular weight excluding hydrogens is 446 g/mol. The van der Waals surface area contributed by atoms with Crippen LogP contribution in [0.3, 0.4) is 0 Å². The molecule has 0 aliphatic heterocycles. The number of thiazole rings is 1. The Morgan fingerprint density at radius 1 is 1.11 bits per heavy atom. The van der Waals surface area contributed by atoms with Gasteiger partial charge in [0.15, 0.2) is 4.80 Å². The van der Waals surface area contributed by atoms with Crippen molar-refractivity contribution in [1.29, 1.82) is 0 Å². The van der Waals surface area contributed by atoms with Crippen LogP contribution in [0.15, 0.2) is 69.4 Å². The number of para-hydroxylation sites is 1. The van der Waals surface area contributed by atoms with Crippen LogP contribution in [0.2, 0.25) is 0 Å². The third kappa shape index (κ3) is 5.87. The zero-order chi connectivity index (χ0) is 19.3. The maximum Gasteiger partial charge on any atom is 0.208 e. The highest BCUT2D eigenvalue weighted by atomic mass is 79.9. The van der Waals surface area contributed by atoms with Crippen molar-refractivity contribution < 1.29 is 8.42 Å². The Morgan fingerprint density at radius 3 is 2.48 bits per heavy atom. The van der Waals surface area contributed by atoms with Gasteiger partial charge in [-0.15, -0.1) is 11.3 Å². The first-order valence-corrected chi connectivity index (χ1v) is 12.0. The third-order valence-corrected chi connectivity index (χ3v) is 5.96. The van der Waals surface area contributed by atoms with Crippen LogP contribution in [0.1, 0.15) is 6.42 Å². The Morgan fingerprint density at radius 2 is 1.81 bits per heavy atom. The molecule has 0 fully saturated rings. The van der Waals surface area contributed by atoms with Gasteiger partial charge in [-0.05, 0) is 36.2 Å². The van der Waals surface area contributed by atoms with E-state index in [1.807, 2.05) is 42.5 Å². The number of hydrogen-bond acceptors (Lipinski definition) is 4. The summed E-state index contributed by atoms with van der Waals surface area (Å²) < 4.78 is 28.3. The lowest BCUT2D eigenvalue weighted by Crippen LogP contribution is -2.25. The summed E-state index contributed by atoms with van der Waals surface area (Å²) in [5, 5.41) is 2.09. The molecule has 3 rings (SSSR count). The number of nitrogens with zero attached hydrogens (tertiary/aromatic N) is 2. The van der Waals surface area contributed by atoms with Crippen molar-refractivity contribution in [2.75, 3.05) is 12.8 Å². The highest BCUT2D eigenvalue weighted by Crippen LogP contribution is 2.23. The van der Waals surface area contributed by atoms with Crippen molar-refractivity contribution in [2.45, 2.75) is 13.0 Å². The molecule has 2 aromatic carbocycles. The number of sulfonamides is 1. The monoisotopic (exact) mass is 465 g/mol. The summed E-state index contributed by atoms with van der Waals surface area (Å²) in [6.07, 6.45) is 1.85. The second kappa shape index (κ2) is 8.97. The first-order chi connectivity index (χ1) is 12.9. The van der Waals surface area contributed by atoms with Gasteiger partial charge >= 0.3 is 0 Å². The van der Waals surface area contributed by atoms with E-state index in [1.165, 1.54) is 6.26 Å². The fraction of sp³-hybridized carbons (Fsp3) is 0.211. The molecule has 0 amide bonds. The number of rotatable bonds is 7. The Hall–Kier alpha value is -1.74. The molecule has 1 N–H and O–H groups in total. The Kier molecular flexibility index (Phi) is 6.64. The van der Waals surface area contributed by atoms with E-state index in [0.717, 1.165) is 26.2 Å². The second-order valence-electron chi connectivity index (χ2n) is 6.03. The van der Waals surface area contributed by atoms with E-state index in [1.54, 1.807) is 11.3 Å². The lowest BCUT2D eigenvalue weighted by molar-refractivity contribution is 0.574. The zero-order valence-corrected chi connectivity index (χ0v) is 18.0. The molecule has 0 atom stereocenters. The van der Waals surface area contributed by atoms with E-state index in [-0.39, 0.29) is 0 Å². The van der Waals surface area contributed by atoms with Crippen molar-refractivity contribution >= 4 is 43.0 Å². The Bertz CT molecular complexity index is 1060. The van der Waals surface area contributed by atoms with Gasteiger partial charge in [0, 0.05) is 22.9 Å². The Balaban J connectivity index is 1.94. The van der Waals surface area contributed by atoms with E-state index < -0.39 is 10.0 Å². The SMILES string of the molecule is CS(=O)(=O)NCCCn1c(-c2ccc(Br)cc2)cs/c1=N/c1ccccc1. The van der Waals surface area contributed by atoms with Gasteiger partial charge in [0.05, 0.1) is 17.6 Å². The largest absolute Gasteiger partial charge is 0.316 e. The van der Waals surface area contributed by atoms with Gasteiger partial charge in [-0.3, -0.25) is 0 Å². The minimum atomic E-state index is -3.18. The number of benzene rings is 2. The standard InChI is InChI=1S/C19H20BrN3O2S2/c1-27(24,25)21-12-5-13-23-18(15-8-10-16(20)11-9-15)14-26-19(23)22-17-6-3-2-4-7-17/h2-4,6-11,14,21H,5,12-13H2,1H3/b22-19+. The van der Waals surface area contributed by atoms with Gasteiger partial charge in [-0.2, -0.15) is 0 Å². The molecule has 142 valence electrons. The summed E-state index contributed by atoms with van der Waals surface area (Å²) in [5.41, 5.74) is 3.06. The van der Waals surface area contributed by atoms with Crippen LogP contribution >= 0.6 is 27.3 Å². The van der Waals surface area contributed by atoms with E-state index >= 15 is 0 Å². The maximum absolute atomic E-state index is 11.3. The third-order valence-electron chi connectivity index (χ3n) is 3.84. The van der Waals surface area contributed by atoms with Crippen LogP contribution in [-0.4, -0.2) is 25.8 Å². The molecule has 8 heteroatoms. The molecule has 0 bridgehead atoms. The number of halogens is 1. The van der Waals surface area contributed by atoms with Gasteiger partial charge in [0.2, 0.25) is 10.0 Å². The maximum atomic E-state index is 11.3. The summed E-state index contributed by atoms with van der Waals surface area (Å²) in [4.78, 5) is 5.65. The number of nitrogens with one attached hydrogen (secondary N) is 1. The highest BCUT2D eigenvalue weighted by Gasteiger charge is 2.09. The van der Waals surface area contributed by atoms with Crippen molar-refractivity contribution in [2.24, 2.45) is 4.99 Å². The van der Waals surface area contributed by atoms with Crippen LogP contribution in [0.5, 0.6) is 0 Å². The zero-order valence-electron chi connectivity index (χ0n) is 14.8.